The molecule has 1 aromatic carbocycles. The van der Waals surface area contributed by atoms with Gasteiger partial charge in [0.05, 0.1) is 35.9 Å². The van der Waals surface area contributed by atoms with Crippen molar-refractivity contribution in [1.82, 2.24) is 9.97 Å². The fraction of sp³-hybridized carbons (Fsp3) is 0.409. The van der Waals surface area contributed by atoms with Crippen molar-refractivity contribution in [3.63, 3.8) is 0 Å². The summed E-state index contributed by atoms with van der Waals surface area (Å²) in [6.45, 7) is 7.24. The van der Waals surface area contributed by atoms with Crippen molar-refractivity contribution in [2.24, 2.45) is 16.9 Å². The van der Waals surface area contributed by atoms with E-state index in [2.05, 4.69) is 19.8 Å². The Bertz CT molecular complexity index is 1100. The molecule has 2 aliphatic carbocycles. The molecule has 7 nitrogen and oxygen atoms in total. The maximum Gasteiger partial charge on any atom is 0.356 e. The van der Waals surface area contributed by atoms with Crippen LogP contribution in [-0.2, 0) is 6.42 Å². The van der Waals surface area contributed by atoms with E-state index < -0.39 is 5.97 Å². The van der Waals surface area contributed by atoms with Crippen LogP contribution < -0.4 is 5.01 Å². The molecule has 3 aliphatic rings. The average Bonchev–Trinajstić information content (AvgIpc) is 3.40. The first kappa shape index (κ1) is 19.0. The third kappa shape index (κ3) is 3.03. The summed E-state index contributed by atoms with van der Waals surface area (Å²) >= 11 is 6.33. The van der Waals surface area contributed by atoms with Crippen molar-refractivity contribution in [2.75, 3.05) is 5.01 Å². The van der Waals surface area contributed by atoms with Crippen molar-refractivity contribution in [3.05, 3.63) is 57.9 Å². The number of aryl methyl sites for hydroxylation is 1. The monoisotopic (exact) mass is 421 g/mol. The largest absolute Gasteiger partial charge is 0.476 e. The highest BCUT2D eigenvalue weighted by Crippen LogP contribution is 2.45. The first-order valence-corrected chi connectivity index (χ1v) is 10.6. The van der Waals surface area contributed by atoms with Gasteiger partial charge < -0.3 is 5.11 Å². The lowest BCUT2D eigenvalue weighted by atomic mass is 9.77. The van der Waals surface area contributed by atoms with E-state index in [1.165, 1.54) is 31.9 Å². The number of hydrazone groups is 1. The Hall–Kier alpha value is -2.98. The number of benzene rings is 1. The quantitative estimate of drug-likeness (QED) is 0.724. The Labute approximate surface area is 179 Å². The van der Waals surface area contributed by atoms with Crippen LogP contribution in [0.1, 0.15) is 54.0 Å². The topological polar surface area (TPSA) is 83.0 Å². The van der Waals surface area contributed by atoms with Crippen LogP contribution in [0.25, 0.3) is 4.85 Å². The average molecular weight is 422 g/mol. The molecular formula is C22H20ClN5O2. The molecule has 8 heteroatoms. The van der Waals surface area contributed by atoms with E-state index in [9.17, 15) is 9.90 Å². The molecule has 1 aromatic heterocycles. The van der Waals surface area contributed by atoms with Crippen LogP contribution in [0.5, 0.6) is 0 Å². The lowest BCUT2D eigenvalue weighted by molar-refractivity contribution is 0.0689. The van der Waals surface area contributed by atoms with E-state index in [0.29, 0.717) is 34.4 Å². The van der Waals surface area contributed by atoms with E-state index in [-0.39, 0.29) is 17.7 Å². The SMILES string of the molecule is [C-]#[N+]c1ccc(N2N=C3c4ncc(C(=O)O)nc4CCC3C2C2CCCC2)cc1Cl. The van der Waals surface area contributed by atoms with Gasteiger partial charge in [-0.15, -0.1) is 0 Å². The smallest absolute Gasteiger partial charge is 0.356 e. The van der Waals surface area contributed by atoms with E-state index in [0.717, 1.165) is 17.8 Å². The number of hydrogen-bond acceptors (Lipinski definition) is 5. The minimum atomic E-state index is -1.07. The van der Waals surface area contributed by atoms with E-state index >= 15 is 0 Å². The standard InChI is InChI=1S/C22H20ClN5O2/c1-24-16-8-6-13(10-15(16)23)28-21(12-4-2-3-5-12)14-7-9-17-20(19(14)27-28)25-11-18(26-17)22(29)30/h6,8,10-12,14,21H,2-5,7,9H2,(H,29,30). The first-order chi connectivity index (χ1) is 14.6. The summed E-state index contributed by atoms with van der Waals surface area (Å²) in [5.41, 5.74) is 3.59. The Morgan fingerprint density at radius 3 is 2.77 bits per heavy atom. The second kappa shape index (κ2) is 7.37. The molecule has 1 aliphatic heterocycles. The van der Waals surface area contributed by atoms with Crippen LogP contribution in [0.15, 0.2) is 29.5 Å². The molecule has 2 unspecified atom stereocenters. The summed E-state index contributed by atoms with van der Waals surface area (Å²) in [7, 11) is 0. The number of hydrogen-bond donors (Lipinski definition) is 1. The van der Waals surface area contributed by atoms with E-state index in [1.807, 2.05) is 12.1 Å². The van der Waals surface area contributed by atoms with Crippen LogP contribution >= 0.6 is 11.6 Å². The second-order valence-electron chi connectivity index (χ2n) is 8.11. The fourth-order valence-corrected chi connectivity index (χ4v) is 5.33. The van der Waals surface area contributed by atoms with E-state index in [4.69, 9.17) is 23.3 Å². The number of halogens is 1. The van der Waals surface area contributed by atoms with Gasteiger partial charge >= 0.3 is 5.97 Å². The molecule has 0 bridgehead atoms. The normalized spacial score (nSPS) is 22.9. The van der Waals surface area contributed by atoms with Gasteiger partial charge in [0.2, 0.25) is 5.69 Å². The van der Waals surface area contributed by atoms with Gasteiger partial charge in [0, 0.05) is 10.9 Å². The van der Waals surface area contributed by atoms with Crippen LogP contribution in [0, 0.1) is 18.4 Å². The summed E-state index contributed by atoms with van der Waals surface area (Å²) in [4.78, 5) is 23.5. The Morgan fingerprint density at radius 2 is 2.07 bits per heavy atom. The molecule has 0 spiro atoms. The Kier molecular flexibility index (Phi) is 4.67. The van der Waals surface area contributed by atoms with Gasteiger partial charge in [-0.05, 0) is 43.7 Å². The van der Waals surface area contributed by atoms with Crippen molar-refractivity contribution < 1.29 is 9.90 Å². The second-order valence-corrected chi connectivity index (χ2v) is 8.52. The minimum absolute atomic E-state index is 0.0310. The zero-order valence-electron chi connectivity index (χ0n) is 16.3. The van der Waals surface area contributed by atoms with Crippen molar-refractivity contribution in [1.29, 1.82) is 0 Å². The van der Waals surface area contributed by atoms with Gasteiger partial charge in [-0.3, -0.25) is 9.99 Å². The molecule has 152 valence electrons. The molecule has 1 N–H and O–H groups in total. The minimum Gasteiger partial charge on any atom is -0.476 e. The van der Waals surface area contributed by atoms with Crippen LogP contribution in [0.3, 0.4) is 0 Å². The first-order valence-electron chi connectivity index (χ1n) is 10.2. The number of nitrogens with zero attached hydrogens (tertiary/aromatic N) is 5. The predicted molar refractivity (Wildman–Crippen MR) is 113 cm³/mol. The third-order valence-electron chi connectivity index (χ3n) is 6.46. The van der Waals surface area contributed by atoms with Gasteiger partial charge in [0.15, 0.2) is 5.69 Å². The number of carboxylic acids is 1. The molecule has 1 saturated carbocycles. The summed E-state index contributed by atoms with van der Waals surface area (Å²) in [6.07, 6.45) is 7.69. The highest BCUT2D eigenvalue weighted by molar-refractivity contribution is 6.33. The van der Waals surface area contributed by atoms with Crippen LogP contribution in [0.4, 0.5) is 11.4 Å². The molecule has 30 heavy (non-hydrogen) atoms. The summed E-state index contributed by atoms with van der Waals surface area (Å²) < 4.78 is 0. The number of aromatic carboxylic acids is 1. The maximum atomic E-state index is 11.3. The molecule has 0 radical (unpaired) electrons. The number of aromatic nitrogens is 2. The summed E-state index contributed by atoms with van der Waals surface area (Å²) in [5.74, 6) is -0.311. The third-order valence-corrected chi connectivity index (χ3v) is 6.76. The molecule has 2 atom stereocenters. The van der Waals surface area contributed by atoms with E-state index in [1.54, 1.807) is 6.07 Å². The highest BCUT2D eigenvalue weighted by Gasteiger charge is 2.46. The van der Waals surface area contributed by atoms with Crippen LogP contribution in [0.2, 0.25) is 5.02 Å². The number of carboxylic acid groups (broad SMARTS) is 1. The van der Waals surface area contributed by atoms with Gasteiger partial charge in [-0.1, -0.05) is 30.5 Å². The Balaban J connectivity index is 1.59. The molecule has 5 rings (SSSR count). The number of rotatable bonds is 3. The summed E-state index contributed by atoms with van der Waals surface area (Å²) in [6, 6.07) is 5.68. The predicted octanol–water partition coefficient (Wildman–Crippen LogP) is 4.72. The van der Waals surface area contributed by atoms with Crippen molar-refractivity contribution in [3.8, 4) is 0 Å². The molecule has 2 aromatic rings. The van der Waals surface area contributed by atoms with Gasteiger partial charge in [0.25, 0.3) is 0 Å². The van der Waals surface area contributed by atoms with Gasteiger partial charge in [-0.25, -0.2) is 14.6 Å². The summed E-state index contributed by atoms with van der Waals surface area (Å²) in [5, 5.41) is 16.7. The fourth-order valence-electron chi connectivity index (χ4n) is 5.12. The molecule has 0 amide bonds. The lowest BCUT2D eigenvalue weighted by Crippen LogP contribution is -2.41. The number of anilines is 1. The molecule has 0 saturated heterocycles. The van der Waals surface area contributed by atoms with Crippen LogP contribution in [-0.4, -0.2) is 32.8 Å². The highest BCUT2D eigenvalue weighted by atomic mass is 35.5. The zero-order chi connectivity index (χ0) is 20.8. The maximum absolute atomic E-state index is 11.3. The van der Waals surface area contributed by atoms with Crippen molar-refractivity contribution >= 4 is 34.7 Å². The van der Waals surface area contributed by atoms with Crippen molar-refractivity contribution in [2.45, 2.75) is 44.6 Å². The molecular weight excluding hydrogens is 402 g/mol. The lowest BCUT2D eigenvalue weighted by Gasteiger charge is -2.34. The number of fused-ring (bicyclic) bond motifs is 3. The Morgan fingerprint density at radius 1 is 1.27 bits per heavy atom. The molecule has 2 heterocycles. The zero-order valence-corrected chi connectivity index (χ0v) is 17.0. The number of carbonyl (C=O) groups is 1. The van der Waals surface area contributed by atoms with Gasteiger partial charge in [-0.2, -0.15) is 5.10 Å². The van der Waals surface area contributed by atoms with Gasteiger partial charge in [0.1, 0.15) is 5.69 Å². The molecule has 1 fully saturated rings.